The predicted molar refractivity (Wildman–Crippen MR) is 54.1 cm³/mol. The second-order valence-corrected chi connectivity index (χ2v) is 4.20. The monoisotopic (exact) mass is 187 g/mol. The molecule has 14 heavy (non-hydrogen) atoms. The summed E-state index contributed by atoms with van der Waals surface area (Å²) in [6.07, 6.45) is 0.735. The van der Waals surface area contributed by atoms with Gasteiger partial charge in [0, 0.05) is 26.1 Å². The van der Waals surface area contributed by atoms with Gasteiger partial charge in [-0.25, -0.2) is 0 Å². The Bertz CT molecular complexity index is 386. The van der Waals surface area contributed by atoms with E-state index in [4.69, 9.17) is 0 Å². The summed E-state index contributed by atoms with van der Waals surface area (Å²) in [6, 6.07) is 8.36. The summed E-state index contributed by atoms with van der Waals surface area (Å²) in [7, 11) is 0. The Morgan fingerprint density at radius 1 is 1.29 bits per heavy atom. The van der Waals surface area contributed by atoms with Gasteiger partial charge in [-0.1, -0.05) is 24.3 Å². The molecule has 0 aromatic heterocycles. The number of rotatable bonds is 0. The smallest absolute Gasteiger partial charge is 0.142 e. The number of piperidine rings is 1. The van der Waals surface area contributed by atoms with Crippen LogP contribution >= 0.6 is 0 Å². The van der Waals surface area contributed by atoms with Crippen LogP contribution in [0.5, 0.6) is 0 Å². The minimum Gasteiger partial charge on any atom is -0.299 e. The second kappa shape index (κ2) is 2.92. The summed E-state index contributed by atoms with van der Waals surface area (Å²) in [6.45, 7) is 2.92. The molecule has 2 bridgehead atoms. The summed E-state index contributed by atoms with van der Waals surface area (Å²) in [4.78, 5) is 14.1. The van der Waals surface area contributed by atoms with Crippen LogP contribution < -0.4 is 0 Å². The lowest BCUT2D eigenvalue weighted by molar-refractivity contribution is -0.123. The van der Waals surface area contributed by atoms with Gasteiger partial charge in [0.1, 0.15) is 5.78 Å². The molecule has 0 spiro atoms. The third-order valence-electron chi connectivity index (χ3n) is 3.33. The van der Waals surface area contributed by atoms with E-state index in [1.807, 2.05) is 6.07 Å². The van der Waals surface area contributed by atoms with E-state index in [0.29, 0.717) is 5.78 Å². The summed E-state index contributed by atoms with van der Waals surface area (Å²) in [5, 5.41) is 0. The molecule has 72 valence electrons. The van der Waals surface area contributed by atoms with Gasteiger partial charge in [-0.15, -0.1) is 0 Å². The molecular formula is C12H13NO. The number of nitrogens with zero attached hydrogens (tertiary/aromatic N) is 1. The highest BCUT2D eigenvalue weighted by Crippen LogP contribution is 2.32. The van der Waals surface area contributed by atoms with Crippen LogP contribution in [0.4, 0.5) is 0 Å². The van der Waals surface area contributed by atoms with E-state index in [-0.39, 0.29) is 5.92 Å². The maximum atomic E-state index is 11.7. The lowest BCUT2D eigenvalue weighted by atomic mass is 9.83. The van der Waals surface area contributed by atoms with Crippen molar-refractivity contribution >= 4 is 5.78 Å². The molecule has 2 heterocycles. The topological polar surface area (TPSA) is 20.3 Å². The quantitative estimate of drug-likeness (QED) is 0.614. The van der Waals surface area contributed by atoms with Crippen molar-refractivity contribution in [1.29, 1.82) is 0 Å². The molecule has 3 rings (SSSR count). The average Bonchev–Trinajstić information content (AvgIpc) is 2.23. The molecule has 0 amide bonds. The third-order valence-corrected chi connectivity index (χ3v) is 3.33. The van der Waals surface area contributed by atoms with Crippen molar-refractivity contribution in [3.05, 3.63) is 35.4 Å². The Morgan fingerprint density at radius 2 is 2.14 bits per heavy atom. The maximum Gasteiger partial charge on any atom is 0.142 e. The Balaban J connectivity index is 2.10. The van der Waals surface area contributed by atoms with Crippen LogP contribution in [0.2, 0.25) is 0 Å². The third kappa shape index (κ3) is 1.11. The Labute approximate surface area is 83.5 Å². The zero-order chi connectivity index (χ0) is 9.54. The van der Waals surface area contributed by atoms with Gasteiger partial charge in [0.2, 0.25) is 0 Å². The van der Waals surface area contributed by atoms with Crippen molar-refractivity contribution in [2.45, 2.75) is 18.9 Å². The number of benzene rings is 1. The molecule has 2 aliphatic heterocycles. The first-order valence-electron chi connectivity index (χ1n) is 5.17. The van der Waals surface area contributed by atoms with Gasteiger partial charge in [-0.3, -0.25) is 9.69 Å². The molecule has 2 aliphatic rings. The molecule has 2 unspecified atom stereocenters. The minimum absolute atomic E-state index is 0.161. The van der Waals surface area contributed by atoms with Gasteiger partial charge in [0.05, 0.1) is 5.92 Å². The summed E-state index contributed by atoms with van der Waals surface area (Å²) in [5.74, 6) is 0.585. The number of hydrogen-bond acceptors (Lipinski definition) is 2. The van der Waals surface area contributed by atoms with Gasteiger partial charge in [-0.2, -0.15) is 0 Å². The van der Waals surface area contributed by atoms with Crippen molar-refractivity contribution in [3.63, 3.8) is 0 Å². The minimum atomic E-state index is 0.161. The molecular weight excluding hydrogens is 174 g/mol. The molecule has 1 aromatic rings. The van der Waals surface area contributed by atoms with Gasteiger partial charge >= 0.3 is 0 Å². The number of Topliss-reactive ketones (excluding diaryl/α,β-unsaturated/α-hetero) is 1. The zero-order valence-electron chi connectivity index (χ0n) is 8.07. The first kappa shape index (κ1) is 8.18. The van der Waals surface area contributed by atoms with E-state index in [1.165, 1.54) is 11.1 Å². The van der Waals surface area contributed by atoms with Crippen LogP contribution in [-0.2, 0) is 11.3 Å². The van der Waals surface area contributed by atoms with Gasteiger partial charge in [-0.05, 0) is 11.1 Å². The molecule has 2 atom stereocenters. The van der Waals surface area contributed by atoms with Crippen LogP contribution in [0.15, 0.2) is 24.3 Å². The zero-order valence-corrected chi connectivity index (χ0v) is 8.07. The van der Waals surface area contributed by atoms with Crippen LogP contribution in [0.3, 0.4) is 0 Å². The van der Waals surface area contributed by atoms with Crippen LogP contribution in [0.1, 0.15) is 23.5 Å². The highest BCUT2D eigenvalue weighted by atomic mass is 16.1. The van der Waals surface area contributed by atoms with Crippen molar-refractivity contribution in [3.8, 4) is 0 Å². The Kier molecular flexibility index (Phi) is 1.71. The Morgan fingerprint density at radius 3 is 3.07 bits per heavy atom. The van der Waals surface area contributed by atoms with Crippen LogP contribution in [0.25, 0.3) is 0 Å². The fraction of sp³-hybridized carbons (Fsp3) is 0.417. The maximum absolute atomic E-state index is 11.7. The first-order valence-corrected chi connectivity index (χ1v) is 5.17. The van der Waals surface area contributed by atoms with E-state index in [1.54, 1.807) is 0 Å². The fourth-order valence-electron chi connectivity index (χ4n) is 2.57. The highest BCUT2D eigenvalue weighted by molar-refractivity contribution is 5.87. The van der Waals surface area contributed by atoms with Gasteiger partial charge < -0.3 is 0 Å². The molecule has 1 aromatic carbocycles. The van der Waals surface area contributed by atoms with Crippen LogP contribution in [-0.4, -0.2) is 23.8 Å². The van der Waals surface area contributed by atoms with Crippen molar-refractivity contribution < 1.29 is 4.79 Å². The number of carbonyl (C=O) groups is 1. The van der Waals surface area contributed by atoms with E-state index in [0.717, 1.165) is 26.1 Å². The Hall–Kier alpha value is -1.15. The van der Waals surface area contributed by atoms with Gasteiger partial charge in [0.25, 0.3) is 0 Å². The number of carbonyl (C=O) groups excluding carboxylic acids is 1. The molecule has 1 fully saturated rings. The largest absolute Gasteiger partial charge is 0.299 e. The normalized spacial score (nSPS) is 29.9. The second-order valence-electron chi connectivity index (χ2n) is 4.20. The molecule has 0 saturated carbocycles. The van der Waals surface area contributed by atoms with E-state index in [9.17, 15) is 4.79 Å². The molecule has 0 aliphatic carbocycles. The van der Waals surface area contributed by atoms with Crippen molar-refractivity contribution in [2.75, 3.05) is 13.1 Å². The molecule has 0 radical (unpaired) electrons. The number of hydrogen-bond donors (Lipinski definition) is 0. The average molecular weight is 187 g/mol. The standard InChI is InChI=1S/C12H13NO/c14-12-5-6-13-7-9-3-1-2-4-10(9)11(12)8-13/h1-4,11H,5-8H2. The number of ketones is 1. The van der Waals surface area contributed by atoms with Crippen LogP contribution in [0, 0.1) is 0 Å². The highest BCUT2D eigenvalue weighted by Gasteiger charge is 2.33. The van der Waals surface area contributed by atoms with E-state index < -0.39 is 0 Å². The first-order chi connectivity index (χ1) is 6.84. The summed E-state index contributed by atoms with van der Waals surface area (Å²) >= 11 is 0. The van der Waals surface area contributed by atoms with E-state index >= 15 is 0 Å². The van der Waals surface area contributed by atoms with E-state index in [2.05, 4.69) is 23.1 Å². The molecule has 2 heteroatoms. The lowest BCUT2D eigenvalue weighted by Gasteiger charge is -2.37. The molecule has 1 saturated heterocycles. The summed E-state index contributed by atoms with van der Waals surface area (Å²) in [5.41, 5.74) is 2.62. The SMILES string of the molecule is O=C1CCN2Cc3ccccc3C1C2. The fourth-order valence-corrected chi connectivity index (χ4v) is 2.57. The number of fused-ring (bicyclic) bond motifs is 4. The summed E-state index contributed by atoms with van der Waals surface area (Å²) < 4.78 is 0. The molecule has 0 N–H and O–H groups in total. The molecule has 2 nitrogen and oxygen atoms in total. The predicted octanol–water partition coefficient (Wildman–Crippen LogP) is 1.56. The van der Waals surface area contributed by atoms with Crippen molar-refractivity contribution in [1.82, 2.24) is 4.90 Å². The lowest BCUT2D eigenvalue weighted by Crippen LogP contribution is -2.43. The van der Waals surface area contributed by atoms with Gasteiger partial charge in [0.15, 0.2) is 0 Å². The van der Waals surface area contributed by atoms with Crippen molar-refractivity contribution in [2.24, 2.45) is 0 Å².